The second-order valence-corrected chi connectivity index (χ2v) is 56.9. The van der Waals surface area contributed by atoms with Crippen molar-refractivity contribution in [1.82, 2.24) is 0 Å². The molecule has 0 aromatic rings. The Morgan fingerprint density at radius 3 is 0.709 bits per heavy atom. The van der Waals surface area contributed by atoms with Crippen molar-refractivity contribution in [2.24, 2.45) is 0 Å². The Morgan fingerprint density at radius 2 is 0.509 bits per heavy atom. The van der Waals surface area contributed by atoms with E-state index in [9.17, 15) is 86.1 Å². The zero-order valence-electron chi connectivity index (χ0n) is 23.5. The first kappa shape index (κ1) is 58.1. The minimum atomic E-state index is -8.79. The van der Waals surface area contributed by atoms with Gasteiger partial charge in [0, 0.05) is 0 Å². The van der Waals surface area contributed by atoms with Crippen molar-refractivity contribution in [2.45, 2.75) is 6.92 Å². The third-order valence-electron chi connectivity index (χ3n) is 2.32. The topological polar surface area (TPSA) is 587 Å². The summed E-state index contributed by atoms with van der Waals surface area (Å²) in [6.07, 6.45) is 0. The van der Waals surface area contributed by atoms with Crippen LogP contribution in [0, 0.1) is 0 Å². The Labute approximate surface area is 340 Å². The predicted octanol–water partition coefficient (Wildman–Crippen LogP) is -3.59. The third kappa shape index (κ3) is 27.7. The quantitative estimate of drug-likeness (QED) is 0.0624. The second-order valence-electron chi connectivity index (χ2n) is 6.63. The van der Waals surface area contributed by atoms with E-state index in [2.05, 4.69) is 31.3 Å². The van der Waals surface area contributed by atoms with Gasteiger partial charge < -0.3 is 0 Å². The van der Waals surface area contributed by atoms with Gasteiger partial charge in [0.25, 0.3) is 0 Å². The summed E-state index contributed by atoms with van der Waals surface area (Å²) in [5.74, 6) is 0. The molecular weight excluding hydrogens is 1850 g/mol. The summed E-state index contributed by atoms with van der Waals surface area (Å²) in [5, 5.41) is 0. The van der Waals surface area contributed by atoms with Gasteiger partial charge in [-0.25, -0.2) is 0 Å². The first-order chi connectivity index (χ1) is 23.5. The SMILES string of the molecule is CC[O][Mo](=[O])(=[O])[O][Mo](=[O])(=[O])[O][Mo](=[O])(=[O])[O][Mo](=[O])(=[O])[O]P(=O)([O][Mo](=[O])(=[O])[O][Mo](=[O])(=[O])[O][Mo](=[O])(=[O])[O][Mo](=[O])(=[O])[OH])[O][Mo](=[O])(=[O])[O][Mo](=[O])(=[O])[O][Mo](=[O])(=[O])[O][Mo](=[O])(=[O])[OH]. The maximum atomic E-state index is 12.9. The summed E-state index contributed by atoms with van der Waals surface area (Å²) in [6, 6.07) is 0. The summed E-state index contributed by atoms with van der Waals surface area (Å²) >= 11 is -96.8. The van der Waals surface area contributed by atoms with Crippen molar-refractivity contribution in [3.8, 4) is 0 Å². The van der Waals surface area contributed by atoms with E-state index in [4.69, 9.17) is 7.52 Å². The van der Waals surface area contributed by atoms with Crippen molar-refractivity contribution in [3.63, 3.8) is 0 Å². The third-order valence-corrected chi connectivity index (χ3v) is 64.0. The average Bonchev–Trinajstić information content (AvgIpc) is 2.65. The zero-order chi connectivity index (χ0) is 44.4. The Morgan fingerprint density at radius 1 is 0.327 bits per heavy atom. The van der Waals surface area contributed by atoms with E-state index in [1.807, 2.05) is 0 Å². The molecule has 0 saturated heterocycles. The predicted molar refractivity (Wildman–Crippen MR) is 53.2 cm³/mol. The molecule has 0 aromatic carbocycles. The van der Waals surface area contributed by atoms with E-state index >= 15 is 0 Å². The monoisotopic (exact) mass is 1880 g/mol. The van der Waals surface area contributed by atoms with E-state index in [0.717, 1.165) is 6.92 Å². The molecule has 0 atom stereocenters. The molecular formula is C2H7Mo12O40P. The first-order valence-electron chi connectivity index (χ1n) is 9.76. The van der Waals surface area contributed by atoms with Gasteiger partial charge in [-0.2, -0.15) is 0 Å². The molecule has 0 radical (unpaired) electrons. The number of hydrogen-bond donors (Lipinski definition) is 2. The van der Waals surface area contributed by atoms with Gasteiger partial charge in [-0.05, 0) is 0 Å². The molecule has 53 heteroatoms. The van der Waals surface area contributed by atoms with Crippen molar-refractivity contribution in [2.75, 3.05) is 6.61 Å². The van der Waals surface area contributed by atoms with Gasteiger partial charge in [0.1, 0.15) is 0 Å². The number of hydrogen-bond acceptors (Lipinski definition) is 38. The summed E-state index contributed by atoms with van der Waals surface area (Å²) in [4.78, 5) is 0. The molecule has 0 saturated carbocycles. The summed E-state index contributed by atoms with van der Waals surface area (Å²) < 4.78 is 347. The van der Waals surface area contributed by atoms with Crippen LogP contribution in [0.15, 0.2) is 0 Å². The first-order valence-corrected chi connectivity index (χ1v) is 50.7. The Kier molecular flexibility index (Phi) is 21.0. The van der Waals surface area contributed by atoms with Crippen molar-refractivity contribution >= 4 is 7.82 Å². The molecule has 0 aliphatic heterocycles. The molecule has 332 valence electrons. The molecule has 0 rings (SSSR count). The van der Waals surface area contributed by atoms with E-state index in [0.29, 0.717) is 0 Å². The van der Waals surface area contributed by atoms with Gasteiger partial charge in [0.2, 0.25) is 0 Å². The van der Waals surface area contributed by atoms with E-state index in [1.165, 1.54) is 0 Å². The van der Waals surface area contributed by atoms with Gasteiger partial charge in [0.15, 0.2) is 0 Å². The van der Waals surface area contributed by atoms with Gasteiger partial charge in [-0.1, -0.05) is 0 Å². The summed E-state index contributed by atoms with van der Waals surface area (Å²) in [6.45, 7) is 0.0329. The molecule has 0 spiro atoms. The van der Waals surface area contributed by atoms with Gasteiger partial charge in [0.05, 0.1) is 0 Å². The molecule has 0 aliphatic rings. The molecule has 40 nitrogen and oxygen atoms in total. The molecule has 0 heterocycles. The van der Waals surface area contributed by atoms with Crippen LogP contribution < -0.4 is 0 Å². The fourth-order valence-electron chi connectivity index (χ4n) is 1.57. The molecule has 2 N–H and O–H groups in total. The van der Waals surface area contributed by atoms with Crippen LogP contribution in [0.25, 0.3) is 0 Å². The van der Waals surface area contributed by atoms with Gasteiger partial charge in [-0.3, -0.25) is 0 Å². The summed E-state index contributed by atoms with van der Waals surface area (Å²) in [7, 11) is -7.90. The average molecular weight is 1850 g/mol. The van der Waals surface area contributed by atoms with E-state index < -0.39 is 215 Å². The van der Waals surface area contributed by atoms with Crippen molar-refractivity contribution in [3.05, 3.63) is 0 Å². The fourth-order valence-corrected chi connectivity index (χ4v) is 61.8. The molecule has 55 heavy (non-hydrogen) atoms. The number of rotatable bonds is 26. The zero-order valence-corrected chi connectivity index (χ0v) is 48.4. The molecule has 0 fully saturated rings. The van der Waals surface area contributed by atoms with Crippen LogP contribution in [0.1, 0.15) is 6.92 Å². The Balaban J connectivity index is 7.02. The molecule has 0 aliphatic carbocycles. The van der Waals surface area contributed by atoms with Crippen LogP contribution in [0.4, 0.5) is 0 Å². The van der Waals surface area contributed by atoms with Gasteiger partial charge >= 0.3 is 347 Å². The Bertz CT molecular complexity index is 2740. The standard InChI is InChI=1S/C2H5O.12Mo.H3O4P.2H2O.33O/c1-2-3;;;;;;;;;;;;;1-5(2,3)4;;;;;;;;;;;;;;;;;;;;;;;;;;;;;;;;;;;/h2H2,1H3;;;;;;;;;;;;;(H3,1,2,3,4);2*1H2;;;;;;;;;;;;;;;;;;;;;;;;;;;;;;;;;/q-1;;;;;;;6*+1;;;;;;;;;;;;;;;;;;;;;;;;;;;;;;;;;;;;/p-5. The minimum absolute atomic E-state index is 0.865. The van der Waals surface area contributed by atoms with Crippen LogP contribution in [-0.4, -0.2) is 14.1 Å². The maximum absolute atomic E-state index is 12.9. The Hall–Kier alpha value is 3.09. The molecule has 0 bridgehead atoms. The normalized spacial score (nSPS) is 15.5. The van der Waals surface area contributed by atoms with E-state index in [-0.39, 0.29) is 0 Å². The molecule has 0 unspecified atom stereocenters. The van der Waals surface area contributed by atoms with Crippen LogP contribution >= 0.6 is 7.82 Å². The van der Waals surface area contributed by atoms with Crippen LogP contribution in [0.3, 0.4) is 0 Å². The van der Waals surface area contributed by atoms with Crippen LogP contribution in [0.2, 0.25) is 0 Å². The van der Waals surface area contributed by atoms with Crippen molar-refractivity contribution in [1.29, 1.82) is 0 Å². The van der Waals surface area contributed by atoms with Crippen LogP contribution in [0.5, 0.6) is 0 Å². The summed E-state index contributed by atoms with van der Waals surface area (Å²) in [5.41, 5.74) is 0. The van der Waals surface area contributed by atoms with Crippen molar-refractivity contribution < 1.29 is 326 Å². The fraction of sp³-hybridized carbons (Fsp3) is 1.00. The van der Waals surface area contributed by atoms with Gasteiger partial charge in [-0.15, -0.1) is 0 Å². The van der Waals surface area contributed by atoms with Crippen LogP contribution in [-0.2, 0) is 318 Å². The second kappa shape index (κ2) is 19.9. The number of phosphoric acid groups is 1. The molecule has 0 amide bonds. The molecule has 0 aromatic heterocycles. The van der Waals surface area contributed by atoms with E-state index in [1.54, 1.807) is 0 Å².